The lowest BCUT2D eigenvalue weighted by Crippen LogP contribution is -1.98. The second kappa shape index (κ2) is 7.41. The minimum Gasteiger partial charge on any atom is -0.488 e. The average molecular weight is 420 g/mol. The van der Waals surface area contributed by atoms with Crippen molar-refractivity contribution < 1.29 is 9.53 Å². The van der Waals surface area contributed by atoms with Crippen molar-refractivity contribution in [1.29, 1.82) is 0 Å². The van der Waals surface area contributed by atoms with E-state index in [1.54, 1.807) is 0 Å². The van der Waals surface area contributed by atoms with Crippen LogP contribution in [0.4, 0.5) is 0 Å². The van der Waals surface area contributed by atoms with E-state index in [2.05, 4.69) is 15.9 Å². The van der Waals surface area contributed by atoms with Crippen molar-refractivity contribution >= 4 is 27.7 Å². The molecule has 0 saturated carbocycles. The fourth-order valence-corrected chi connectivity index (χ4v) is 3.57. The van der Waals surface area contributed by atoms with Crippen molar-refractivity contribution in [2.24, 2.45) is 0 Å². The van der Waals surface area contributed by atoms with Crippen LogP contribution in [0.25, 0.3) is 16.6 Å². The number of benzene rings is 2. The third-order valence-electron chi connectivity index (χ3n) is 4.54. The topological polar surface area (TPSA) is 30.7 Å². The molecule has 0 saturated heterocycles. The van der Waals surface area contributed by atoms with Crippen LogP contribution < -0.4 is 4.74 Å². The van der Waals surface area contributed by atoms with Crippen LogP contribution >= 0.6 is 15.9 Å². The minimum absolute atomic E-state index is 0.471. The first-order chi connectivity index (χ1) is 13.2. The maximum atomic E-state index is 11.9. The fourth-order valence-electron chi connectivity index (χ4n) is 3.21. The molecule has 4 rings (SSSR count). The number of aryl methyl sites for hydroxylation is 1. The monoisotopic (exact) mass is 419 g/mol. The number of rotatable bonds is 5. The first-order valence-electron chi connectivity index (χ1n) is 8.69. The summed E-state index contributed by atoms with van der Waals surface area (Å²) < 4.78 is 8.97. The van der Waals surface area contributed by atoms with E-state index < -0.39 is 0 Å². The zero-order valence-corrected chi connectivity index (χ0v) is 16.4. The van der Waals surface area contributed by atoms with E-state index in [1.165, 1.54) is 0 Å². The molecule has 134 valence electrons. The highest BCUT2D eigenvalue weighted by molar-refractivity contribution is 9.10. The lowest BCUT2D eigenvalue weighted by Gasteiger charge is -2.12. The Bertz CT molecular complexity index is 1120. The number of hydrogen-bond acceptors (Lipinski definition) is 2. The van der Waals surface area contributed by atoms with E-state index in [0.29, 0.717) is 12.3 Å². The van der Waals surface area contributed by atoms with Crippen LogP contribution in [-0.4, -0.2) is 10.7 Å². The Morgan fingerprint density at radius 3 is 2.59 bits per heavy atom. The Morgan fingerprint density at radius 2 is 1.81 bits per heavy atom. The molecule has 4 aromatic rings. The summed E-state index contributed by atoms with van der Waals surface area (Å²) in [5, 5.41) is 0. The average Bonchev–Trinajstić information content (AvgIpc) is 3.05. The van der Waals surface area contributed by atoms with Crippen LogP contribution in [0.1, 0.15) is 21.6 Å². The third-order valence-corrected chi connectivity index (χ3v) is 5.03. The Hall–Kier alpha value is -2.85. The summed E-state index contributed by atoms with van der Waals surface area (Å²) in [6, 6.07) is 22.0. The van der Waals surface area contributed by atoms with Crippen molar-refractivity contribution in [3.05, 3.63) is 94.2 Å². The van der Waals surface area contributed by atoms with Gasteiger partial charge in [-0.3, -0.25) is 4.79 Å². The Morgan fingerprint density at radius 1 is 1.00 bits per heavy atom. The van der Waals surface area contributed by atoms with Gasteiger partial charge in [0.15, 0.2) is 6.29 Å². The molecule has 2 heterocycles. The summed E-state index contributed by atoms with van der Waals surface area (Å²) >= 11 is 3.54. The number of nitrogens with zero attached hydrogens (tertiary/aromatic N) is 1. The highest BCUT2D eigenvalue weighted by Gasteiger charge is 2.16. The number of carbonyl (C=O) groups excluding carboxylic acids is 1. The number of hydrogen-bond donors (Lipinski definition) is 0. The highest BCUT2D eigenvalue weighted by atomic mass is 79.9. The first-order valence-corrected chi connectivity index (χ1v) is 9.48. The minimum atomic E-state index is 0.471. The quantitative estimate of drug-likeness (QED) is 0.367. The van der Waals surface area contributed by atoms with Crippen LogP contribution in [0.15, 0.2) is 77.4 Å². The molecule has 2 aromatic carbocycles. The number of ether oxygens (including phenoxy) is 1. The largest absolute Gasteiger partial charge is 0.488 e. The van der Waals surface area contributed by atoms with Gasteiger partial charge in [0.05, 0.1) is 5.69 Å². The van der Waals surface area contributed by atoms with Gasteiger partial charge in [-0.25, -0.2) is 0 Å². The van der Waals surface area contributed by atoms with E-state index in [0.717, 1.165) is 44.3 Å². The molecular weight excluding hydrogens is 402 g/mol. The van der Waals surface area contributed by atoms with Gasteiger partial charge in [-0.15, -0.1) is 0 Å². The third kappa shape index (κ3) is 3.53. The molecule has 0 aliphatic heterocycles. The number of pyridine rings is 1. The smallest absolute Gasteiger partial charge is 0.167 e. The molecule has 0 unspecified atom stereocenters. The molecule has 3 nitrogen and oxygen atoms in total. The summed E-state index contributed by atoms with van der Waals surface area (Å²) in [5.74, 6) is 0.748. The SMILES string of the molecule is Cc1ccc2cc(-c3cc(Br)ccc3OCc3ccccc3)c(C=O)n2c1. The predicted molar refractivity (Wildman–Crippen MR) is 111 cm³/mol. The molecule has 0 aliphatic rings. The fraction of sp³-hybridized carbons (Fsp3) is 0.0870. The highest BCUT2D eigenvalue weighted by Crippen LogP contribution is 2.36. The molecule has 0 amide bonds. The zero-order chi connectivity index (χ0) is 18.8. The summed E-state index contributed by atoms with van der Waals surface area (Å²) in [4.78, 5) is 11.9. The van der Waals surface area contributed by atoms with Crippen LogP contribution in [0, 0.1) is 6.92 Å². The van der Waals surface area contributed by atoms with Crippen molar-refractivity contribution in [2.75, 3.05) is 0 Å². The second-order valence-electron chi connectivity index (χ2n) is 6.48. The molecule has 0 radical (unpaired) electrons. The van der Waals surface area contributed by atoms with Gasteiger partial charge in [0.25, 0.3) is 0 Å². The lowest BCUT2D eigenvalue weighted by molar-refractivity contribution is 0.111. The van der Waals surface area contributed by atoms with Gasteiger partial charge in [-0.1, -0.05) is 52.3 Å². The summed E-state index contributed by atoms with van der Waals surface area (Å²) in [6.45, 7) is 2.49. The van der Waals surface area contributed by atoms with Crippen LogP contribution in [0.3, 0.4) is 0 Å². The molecule has 0 spiro atoms. The Labute approximate surface area is 166 Å². The second-order valence-corrected chi connectivity index (χ2v) is 7.39. The van der Waals surface area contributed by atoms with E-state index in [9.17, 15) is 4.79 Å². The van der Waals surface area contributed by atoms with Crippen molar-refractivity contribution in [1.82, 2.24) is 4.40 Å². The maximum Gasteiger partial charge on any atom is 0.167 e. The molecule has 0 N–H and O–H groups in total. The Kier molecular flexibility index (Phi) is 4.82. The molecule has 0 bridgehead atoms. The normalized spacial score (nSPS) is 10.9. The van der Waals surface area contributed by atoms with Gasteiger partial charge >= 0.3 is 0 Å². The van der Waals surface area contributed by atoms with Crippen molar-refractivity contribution in [2.45, 2.75) is 13.5 Å². The van der Waals surface area contributed by atoms with Gasteiger partial charge in [0, 0.05) is 27.3 Å². The van der Waals surface area contributed by atoms with E-state index in [-0.39, 0.29) is 0 Å². The van der Waals surface area contributed by atoms with Crippen molar-refractivity contribution in [3.63, 3.8) is 0 Å². The molecule has 0 fully saturated rings. The van der Waals surface area contributed by atoms with Crippen molar-refractivity contribution in [3.8, 4) is 16.9 Å². The molecule has 2 aromatic heterocycles. The van der Waals surface area contributed by atoms with Crippen LogP contribution in [0.2, 0.25) is 0 Å². The van der Waals surface area contributed by atoms with Gasteiger partial charge in [0.1, 0.15) is 12.4 Å². The Balaban J connectivity index is 1.80. The number of halogens is 1. The van der Waals surface area contributed by atoms with E-state index in [1.807, 2.05) is 84.3 Å². The van der Waals surface area contributed by atoms with Gasteiger partial charge in [-0.2, -0.15) is 0 Å². The van der Waals surface area contributed by atoms with Gasteiger partial charge in [-0.05, 0) is 48.4 Å². The number of fused-ring (bicyclic) bond motifs is 1. The van der Waals surface area contributed by atoms with E-state index >= 15 is 0 Å². The zero-order valence-electron chi connectivity index (χ0n) is 14.9. The molecule has 0 atom stereocenters. The molecule has 4 heteroatoms. The number of carbonyl (C=O) groups is 1. The molecule has 27 heavy (non-hydrogen) atoms. The van der Waals surface area contributed by atoms with Gasteiger partial charge in [0.2, 0.25) is 0 Å². The number of aldehydes is 1. The van der Waals surface area contributed by atoms with Gasteiger partial charge < -0.3 is 9.14 Å². The first kappa shape index (κ1) is 17.6. The van der Waals surface area contributed by atoms with Crippen LogP contribution in [0.5, 0.6) is 5.75 Å². The summed E-state index contributed by atoms with van der Waals surface area (Å²) in [7, 11) is 0. The van der Waals surface area contributed by atoms with Crippen LogP contribution in [-0.2, 0) is 6.61 Å². The summed E-state index contributed by atoms with van der Waals surface area (Å²) in [6.07, 6.45) is 2.88. The number of aromatic nitrogens is 1. The standard InChI is InChI=1S/C23H18BrNO2/c1-16-7-9-19-12-20(22(14-26)25(19)13-16)21-11-18(24)8-10-23(21)27-15-17-5-3-2-4-6-17/h2-14H,15H2,1H3. The summed E-state index contributed by atoms with van der Waals surface area (Å²) in [5.41, 5.74) is 5.55. The molecular formula is C23H18BrNO2. The molecule has 0 aliphatic carbocycles. The van der Waals surface area contributed by atoms with E-state index in [4.69, 9.17) is 4.74 Å². The lowest BCUT2D eigenvalue weighted by atomic mass is 10.0. The predicted octanol–water partition coefficient (Wildman–Crippen LogP) is 6.07. The maximum absolute atomic E-state index is 11.9.